The topological polar surface area (TPSA) is 131 Å². The fourth-order valence-corrected chi connectivity index (χ4v) is 5.97. The van der Waals surface area contributed by atoms with Gasteiger partial charge in [-0.1, -0.05) is 60.7 Å². The van der Waals surface area contributed by atoms with Crippen molar-refractivity contribution in [3.8, 4) is 0 Å². The first-order valence-electron chi connectivity index (χ1n) is 13.0. The molecule has 2 aromatic carbocycles. The lowest BCUT2D eigenvalue weighted by Crippen LogP contribution is -2.57. The molecule has 1 aromatic heterocycles. The maximum atomic E-state index is 13.6. The number of carbonyl (C=O) groups excluding carboxylic acids is 2. The van der Waals surface area contributed by atoms with E-state index in [-0.39, 0.29) is 5.75 Å². The Labute approximate surface area is 228 Å². The standard InChI is InChI=1S/C28H34N4O6S/c33-27(30-24(19-26-29-13-16-38-26)12-11-22-7-3-1-4-8-22)25(31-28(34)32-14-17-37-18-15-32)21-39(35,36)20-23-9-5-2-6-10-23/h1-10,13,16,24-25H,11-12,14-15,17-21H2,(H,30,33)(H,31,34)/t24-,25-/m0/s1. The number of amides is 3. The van der Waals surface area contributed by atoms with E-state index < -0.39 is 39.6 Å². The van der Waals surface area contributed by atoms with E-state index in [1.54, 1.807) is 30.3 Å². The number of nitrogens with zero attached hydrogens (tertiary/aromatic N) is 2. The minimum absolute atomic E-state index is 0.237. The van der Waals surface area contributed by atoms with Crippen LogP contribution in [-0.4, -0.2) is 74.4 Å². The Morgan fingerprint density at radius 2 is 1.62 bits per heavy atom. The summed E-state index contributed by atoms with van der Waals surface area (Å²) in [6, 6.07) is 16.4. The van der Waals surface area contributed by atoms with Crippen LogP contribution in [0.5, 0.6) is 0 Å². The molecule has 11 heteroatoms. The summed E-state index contributed by atoms with van der Waals surface area (Å²) >= 11 is 0. The van der Waals surface area contributed by atoms with Crippen LogP contribution in [0.3, 0.4) is 0 Å². The van der Waals surface area contributed by atoms with Crippen molar-refractivity contribution in [2.24, 2.45) is 0 Å². The number of hydrogen-bond acceptors (Lipinski definition) is 7. The smallest absolute Gasteiger partial charge is 0.318 e. The van der Waals surface area contributed by atoms with Gasteiger partial charge in [0.05, 0.1) is 30.9 Å². The number of rotatable bonds is 12. The van der Waals surface area contributed by atoms with Gasteiger partial charge in [0, 0.05) is 25.6 Å². The molecule has 2 heterocycles. The number of nitrogens with one attached hydrogen (secondary N) is 2. The number of morpholine rings is 1. The lowest BCUT2D eigenvalue weighted by Gasteiger charge is -2.29. The van der Waals surface area contributed by atoms with Crippen molar-refractivity contribution in [2.75, 3.05) is 32.1 Å². The summed E-state index contributed by atoms with van der Waals surface area (Å²) < 4.78 is 37.0. The third-order valence-electron chi connectivity index (χ3n) is 6.44. The first-order chi connectivity index (χ1) is 18.9. The lowest BCUT2D eigenvalue weighted by molar-refractivity contribution is -0.123. The maximum absolute atomic E-state index is 13.6. The monoisotopic (exact) mass is 554 g/mol. The molecule has 2 N–H and O–H groups in total. The largest absolute Gasteiger partial charge is 0.449 e. The van der Waals surface area contributed by atoms with Gasteiger partial charge in [0.15, 0.2) is 15.7 Å². The molecule has 4 rings (SSSR count). The first-order valence-corrected chi connectivity index (χ1v) is 14.8. The van der Waals surface area contributed by atoms with E-state index in [1.807, 2.05) is 30.3 Å². The molecule has 3 amide bonds. The molecule has 0 saturated carbocycles. The Morgan fingerprint density at radius 3 is 2.26 bits per heavy atom. The molecule has 1 fully saturated rings. The minimum atomic E-state index is -3.75. The van der Waals surface area contributed by atoms with Crippen molar-refractivity contribution >= 4 is 21.8 Å². The Morgan fingerprint density at radius 1 is 0.949 bits per heavy atom. The molecule has 2 atom stereocenters. The van der Waals surface area contributed by atoms with E-state index in [1.165, 1.54) is 17.4 Å². The summed E-state index contributed by atoms with van der Waals surface area (Å²) in [5.41, 5.74) is 1.72. The second kappa shape index (κ2) is 13.9. The van der Waals surface area contributed by atoms with Crippen LogP contribution in [0.15, 0.2) is 77.5 Å². The molecule has 1 aliphatic heterocycles. The van der Waals surface area contributed by atoms with Gasteiger partial charge in [-0.15, -0.1) is 0 Å². The highest BCUT2D eigenvalue weighted by Gasteiger charge is 2.31. The molecule has 208 valence electrons. The predicted octanol–water partition coefficient (Wildman–Crippen LogP) is 2.36. The van der Waals surface area contributed by atoms with Crippen molar-refractivity contribution in [2.45, 2.75) is 37.1 Å². The molecule has 1 saturated heterocycles. The van der Waals surface area contributed by atoms with Gasteiger partial charge in [-0.25, -0.2) is 18.2 Å². The summed E-state index contributed by atoms with van der Waals surface area (Å²) in [4.78, 5) is 32.2. The van der Waals surface area contributed by atoms with E-state index in [2.05, 4.69) is 15.6 Å². The number of aryl methyl sites for hydroxylation is 1. The van der Waals surface area contributed by atoms with Gasteiger partial charge in [-0.2, -0.15) is 0 Å². The van der Waals surface area contributed by atoms with E-state index in [9.17, 15) is 18.0 Å². The van der Waals surface area contributed by atoms with Crippen LogP contribution in [0.25, 0.3) is 0 Å². The number of aromatic nitrogens is 1. The zero-order chi connectivity index (χ0) is 27.5. The Kier molecular flexibility index (Phi) is 10.1. The van der Waals surface area contributed by atoms with Gasteiger partial charge in [0.25, 0.3) is 0 Å². The molecular weight excluding hydrogens is 520 g/mol. The van der Waals surface area contributed by atoms with Crippen LogP contribution in [0.4, 0.5) is 4.79 Å². The number of sulfone groups is 1. The zero-order valence-corrected chi connectivity index (χ0v) is 22.5. The van der Waals surface area contributed by atoms with E-state index in [0.29, 0.717) is 57.0 Å². The molecule has 0 spiro atoms. The van der Waals surface area contributed by atoms with E-state index in [4.69, 9.17) is 9.15 Å². The van der Waals surface area contributed by atoms with Crippen LogP contribution in [0, 0.1) is 0 Å². The van der Waals surface area contributed by atoms with Gasteiger partial charge in [0.2, 0.25) is 5.91 Å². The Bertz CT molecular complexity index is 1280. The van der Waals surface area contributed by atoms with Gasteiger partial charge < -0.3 is 24.7 Å². The number of ether oxygens (including phenoxy) is 1. The van der Waals surface area contributed by atoms with Gasteiger partial charge in [-0.05, 0) is 24.0 Å². The van der Waals surface area contributed by atoms with Crippen LogP contribution >= 0.6 is 0 Å². The van der Waals surface area contributed by atoms with Crippen LogP contribution in [0.1, 0.15) is 23.4 Å². The first kappa shape index (κ1) is 28.3. The maximum Gasteiger partial charge on any atom is 0.318 e. The molecule has 0 unspecified atom stereocenters. The van der Waals surface area contributed by atoms with E-state index in [0.717, 1.165) is 5.56 Å². The minimum Gasteiger partial charge on any atom is -0.449 e. The number of hydrogen-bond donors (Lipinski definition) is 2. The number of urea groups is 1. The number of oxazole rings is 1. The average molecular weight is 555 g/mol. The average Bonchev–Trinajstić information content (AvgIpc) is 3.45. The predicted molar refractivity (Wildman–Crippen MR) is 146 cm³/mol. The molecule has 3 aromatic rings. The van der Waals surface area contributed by atoms with E-state index >= 15 is 0 Å². The molecular formula is C28H34N4O6S. The third-order valence-corrected chi connectivity index (χ3v) is 8.05. The highest BCUT2D eigenvalue weighted by Crippen LogP contribution is 2.12. The summed E-state index contributed by atoms with van der Waals surface area (Å²) in [7, 11) is -3.75. The van der Waals surface area contributed by atoms with Crippen molar-refractivity contribution in [1.82, 2.24) is 20.5 Å². The molecule has 10 nitrogen and oxygen atoms in total. The second-order valence-corrected chi connectivity index (χ2v) is 11.6. The van der Waals surface area contributed by atoms with Crippen LogP contribution in [-0.2, 0) is 38.0 Å². The van der Waals surface area contributed by atoms with Crippen LogP contribution < -0.4 is 10.6 Å². The zero-order valence-electron chi connectivity index (χ0n) is 21.7. The highest BCUT2D eigenvalue weighted by molar-refractivity contribution is 7.90. The lowest BCUT2D eigenvalue weighted by atomic mass is 10.0. The Hall–Kier alpha value is -3.70. The molecule has 1 aliphatic rings. The third kappa shape index (κ3) is 9.22. The Balaban J connectivity index is 1.49. The normalized spacial score (nSPS) is 15.3. The van der Waals surface area contributed by atoms with Crippen molar-refractivity contribution in [3.05, 3.63) is 90.1 Å². The number of benzene rings is 2. The molecule has 0 aliphatic carbocycles. The van der Waals surface area contributed by atoms with Gasteiger partial charge in [-0.3, -0.25) is 4.79 Å². The molecule has 0 bridgehead atoms. The van der Waals surface area contributed by atoms with Crippen molar-refractivity contribution < 1.29 is 27.2 Å². The quantitative estimate of drug-likeness (QED) is 0.351. The molecule has 39 heavy (non-hydrogen) atoms. The van der Waals surface area contributed by atoms with Gasteiger partial charge in [0.1, 0.15) is 12.3 Å². The van der Waals surface area contributed by atoms with Crippen molar-refractivity contribution in [3.63, 3.8) is 0 Å². The fraction of sp³-hybridized carbons (Fsp3) is 0.393. The summed E-state index contributed by atoms with van der Waals surface area (Å²) in [6.45, 7) is 1.49. The summed E-state index contributed by atoms with van der Waals surface area (Å²) in [5.74, 6) is -0.885. The number of carbonyl (C=O) groups is 2. The SMILES string of the molecule is O=C(N[C@@H](CCc1ccccc1)Cc1ncco1)[C@H](CS(=O)(=O)Cc1ccccc1)NC(=O)N1CCOCC1. The van der Waals surface area contributed by atoms with Crippen molar-refractivity contribution in [1.29, 1.82) is 0 Å². The van der Waals surface area contributed by atoms with Crippen LogP contribution in [0.2, 0.25) is 0 Å². The van der Waals surface area contributed by atoms with Gasteiger partial charge >= 0.3 is 6.03 Å². The highest BCUT2D eigenvalue weighted by atomic mass is 32.2. The summed E-state index contributed by atoms with van der Waals surface area (Å²) in [6.07, 6.45) is 4.58. The fourth-order valence-electron chi connectivity index (χ4n) is 4.41. The molecule has 0 radical (unpaired) electrons. The summed E-state index contributed by atoms with van der Waals surface area (Å²) in [5, 5.41) is 5.63. The second-order valence-electron chi connectivity index (χ2n) is 9.50.